The number of carbonyl (C=O) groups is 1. The summed E-state index contributed by atoms with van der Waals surface area (Å²) in [5, 5.41) is 3.50. The molecule has 92 valence electrons. The summed E-state index contributed by atoms with van der Waals surface area (Å²) in [5.41, 5.74) is 2.26. The number of rotatable bonds is 3. The zero-order valence-corrected chi connectivity index (χ0v) is 10.7. The van der Waals surface area contributed by atoms with Crippen molar-refractivity contribution in [2.24, 2.45) is 0 Å². The summed E-state index contributed by atoms with van der Waals surface area (Å²) < 4.78 is 0. The van der Waals surface area contributed by atoms with E-state index in [2.05, 4.69) is 10.3 Å². The van der Waals surface area contributed by atoms with Crippen LogP contribution in [0.5, 0.6) is 0 Å². The number of aromatic nitrogens is 1. The number of benzene rings is 1. The van der Waals surface area contributed by atoms with Crippen LogP contribution in [0.25, 0.3) is 0 Å². The summed E-state index contributed by atoms with van der Waals surface area (Å²) in [6.07, 6.45) is 0. The second-order valence-electron chi connectivity index (χ2n) is 3.97. The quantitative estimate of drug-likeness (QED) is 0.922. The van der Waals surface area contributed by atoms with Gasteiger partial charge in [-0.1, -0.05) is 29.8 Å². The third-order valence-corrected chi connectivity index (χ3v) is 2.74. The number of halogens is 1. The van der Waals surface area contributed by atoms with Gasteiger partial charge in [0, 0.05) is 17.3 Å². The molecule has 18 heavy (non-hydrogen) atoms. The molecule has 0 spiro atoms. The van der Waals surface area contributed by atoms with E-state index in [4.69, 9.17) is 11.6 Å². The average Bonchev–Trinajstić information content (AvgIpc) is 2.38. The van der Waals surface area contributed by atoms with Crippen LogP contribution in [-0.2, 0) is 6.54 Å². The minimum Gasteiger partial charge on any atom is -0.347 e. The van der Waals surface area contributed by atoms with Crippen molar-refractivity contribution < 1.29 is 4.79 Å². The van der Waals surface area contributed by atoms with Crippen molar-refractivity contribution in [3.8, 4) is 0 Å². The van der Waals surface area contributed by atoms with E-state index in [1.807, 2.05) is 31.2 Å². The van der Waals surface area contributed by atoms with Crippen molar-refractivity contribution in [1.29, 1.82) is 0 Å². The number of nitrogens with zero attached hydrogens (tertiary/aromatic N) is 1. The minimum atomic E-state index is -0.173. The Balaban J connectivity index is 1.98. The Morgan fingerprint density at radius 1 is 1.22 bits per heavy atom. The molecule has 0 aliphatic heterocycles. The molecule has 2 aromatic rings. The van der Waals surface area contributed by atoms with Crippen LogP contribution in [0.4, 0.5) is 0 Å². The molecule has 1 amide bonds. The molecule has 0 unspecified atom stereocenters. The number of carbonyl (C=O) groups excluding carboxylic acids is 1. The molecule has 4 heteroatoms. The first kappa shape index (κ1) is 12.6. The summed E-state index contributed by atoms with van der Waals surface area (Å²) >= 11 is 5.79. The van der Waals surface area contributed by atoms with Crippen LogP contribution < -0.4 is 5.32 Å². The summed E-state index contributed by atoms with van der Waals surface area (Å²) in [5.74, 6) is -0.173. The highest BCUT2D eigenvalue weighted by Gasteiger charge is 2.06. The third kappa shape index (κ3) is 3.31. The molecule has 0 radical (unpaired) electrons. The Morgan fingerprint density at radius 3 is 2.61 bits per heavy atom. The second kappa shape index (κ2) is 5.65. The smallest absolute Gasteiger partial charge is 0.270 e. The standard InChI is InChI=1S/C14H13ClN2O/c1-10-3-2-4-13(17-10)14(18)16-9-11-5-7-12(15)8-6-11/h2-8H,9H2,1H3,(H,16,18). The van der Waals surface area contributed by atoms with Crippen molar-refractivity contribution in [1.82, 2.24) is 10.3 Å². The number of hydrogen-bond acceptors (Lipinski definition) is 2. The zero-order valence-electron chi connectivity index (χ0n) is 9.98. The minimum absolute atomic E-state index is 0.173. The molecule has 0 bridgehead atoms. The van der Waals surface area contributed by atoms with Crippen LogP contribution in [0, 0.1) is 6.92 Å². The van der Waals surface area contributed by atoms with E-state index in [-0.39, 0.29) is 5.91 Å². The molecular formula is C14H13ClN2O. The third-order valence-electron chi connectivity index (χ3n) is 2.49. The van der Waals surface area contributed by atoms with Gasteiger partial charge in [-0.15, -0.1) is 0 Å². The molecule has 0 aliphatic carbocycles. The molecule has 0 atom stereocenters. The van der Waals surface area contributed by atoms with E-state index in [1.54, 1.807) is 18.2 Å². The van der Waals surface area contributed by atoms with Gasteiger partial charge in [-0.25, -0.2) is 4.98 Å². The molecule has 1 N–H and O–H groups in total. The molecule has 0 aliphatic rings. The van der Waals surface area contributed by atoms with Crippen molar-refractivity contribution in [3.63, 3.8) is 0 Å². The van der Waals surface area contributed by atoms with Crippen molar-refractivity contribution in [2.75, 3.05) is 0 Å². The van der Waals surface area contributed by atoms with Crippen LogP contribution in [0.2, 0.25) is 5.02 Å². The second-order valence-corrected chi connectivity index (χ2v) is 4.41. The van der Waals surface area contributed by atoms with Gasteiger partial charge in [0.25, 0.3) is 5.91 Å². The lowest BCUT2D eigenvalue weighted by molar-refractivity contribution is 0.0945. The topological polar surface area (TPSA) is 42.0 Å². The molecule has 2 rings (SSSR count). The molecule has 0 saturated heterocycles. The Labute approximate surface area is 111 Å². The van der Waals surface area contributed by atoms with Gasteiger partial charge in [0.15, 0.2) is 0 Å². The van der Waals surface area contributed by atoms with E-state index in [0.717, 1.165) is 11.3 Å². The van der Waals surface area contributed by atoms with Crippen LogP contribution in [0.15, 0.2) is 42.5 Å². The molecule has 1 aromatic carbocycles. The maximum atomic E-state index is 11.8. The maximum absolute atomic E-state index is 11.8. The first-order valence-corrected chi connectivity index (χ1v) is 5.99. The predicted molar refractivity (Wildman–Crippen MR) is 71.6 cm³/mol. The van der Waals surface area contributed by atoms with Crippen LogP contribution >= 0.6 is 11.6 Å². The highest BCUT2D eigenvalue weighted by molar-refractivity contribution is 6.30. The van der Waals surface area contributed by atoms with Crippen molar-refractivity contribution in [2.45, 2.75) is 13.5 Å². The normalized spacial score (nSPS) is 10.1. The lowest BCUT2D eigenvalue weighted by Crippen LogP contribution is -2.23. The van der Waals surface area contributed by atoms with Crippen LogP contribution in [0.1, 0.15) is 21.7 Å². The molecule has 3 nitrogen and oxygen atoms in total. The summed E-state index contributed by atoms with van der Waals surface area (Å²) in [7, 11) is 0. The lowest BCUT2D eigenvalue weighted by Gasteiger charge is -2.05. The Hall–Kier alpha value is -1.87. The number of amides is 1. The van der Waals surface area contributed by atoms with Gasteiger partial charge < -0.3 is 5.32 Å². The van der Waals surface area contributed by atoms with E-state index in [9.17, 15) is 4.79 Å². The summed E-state index contributed by atoms with van der Waals surface area (Å²) in [4.78, 5) is 16.0. The fraction of sp³-hybridized carbons (Fsp3) is 0.143. The van der Waals surface area contributed by atoms with Gasteiger partial charge in [-0.05, 0) is 36.8 Å². The lowest BCUT2D eigenvalue weighted by atomic mass is 10.2. The van der Waals surface area contributed by atoms with Crippen molar-refractivity contribution >= 4 is 17.5 Å². The Bertz CT molecular complexity index is 552. The number of aryl methyl sites for hydroxylation is 1. The van der Waals surface area contributed by atoms with Crippen LogP contribution in [0.3, 0.4) is 0 Å². The largest absolute Gasteiger partial charge is 0.347 e. The molecule has 1 aromatic heterocycles. The van der Waals surface area contributed by atoms with Gasteiger partial charge in [-0.3, -0.25) is 4.79 Å². The van der Waals surface area contributed by atoms with E-state index >= 15 is 0 Å². The summed E-state index contributed by atoms with van der Waals surface area (Å²) in [6, 6.07) is 12.7. The SMILES string of the molecule is Cc1cccc(C(=O)NCc2ccc(Cl)cc2)n1. The maximum Gasteiger partial charge on any atom is 0.270 e. The monoisotopic (exact) mass is 260 g/mol. The van der Waals surface area contributed by atoms with Gasteiger partial charge in [0.2, 0.25) is 0 Å². The molecule has 1 heterocycles. The number of hydrogen-bond donors (Lipinski definition) is 1. The van der Waals surface area contributed by atoms with Gasteiger partial charge in [0.1, 0.15) is 5.69 Å². The Morgan fingerprint density at radius 2 is 1.94 bits per heavy atom. The van der Waals surface area contributed by atoms with E-state index in [0.29, 0.717) is 17.3 Å². The molecule has 0 saturated carbocycles. The fourth-order valence-corrected chi connectivity index (χ4v) is 1.67. The molecular weight excluding hydrogens is 248 g/mol. The molecule has 0 fully saturated rings. The van der Waals surface area contributed by atoms with Gasteiger partial charge >= 0.3 is 0 Å². The zero-order chi connectivity index (χ0) is 13.0. The average molecular weight is 261 g/mol. The van der Waals surface area contributed by atoms with Gasteiger partial charge in [-0.2, -0.15) is 0 Å². The highest BCUT2D eigenvalue weighted by atomic mass is 35.5. The van der Waals surface area contributed by atoms with Crippen LogP contribution in [-0.4, -0.2) is 10.9 Å². The number of pyridine rings is 1. The first-order chi connectivity index (χ1) is 8.65. The first-order valence-electron chi connectivity index (χ1n) is 5.61. The fourth-order valence-electron chi connectivity index (χ4n) is 1.54. The predicted octanol–water partition coefficient (Wildman–Crippen LogP) is 2.97. The van der Waals surface area contributed by atoms with E-state index in [1.165, 1.54) is 0 Å². The summed E-state index contributed by atoms with van der Waals surface area (Å²) in [6.45, 7) is 2.32. The highest BCUT2D eigenvalue weighted by Crippen LogP contribution is 2.09. The van der Waals surface area contributed by atoms with E-state index < -0.39 is 0 Å². The van der Waals surface area contributed by atoms with Crippen molar-refractivity contribution in [3.05, 3.63) is 64.4 Å². The van der Waals surface area contributed by atoms with Gasteiger partial charge in [0.05, 0.1) is 0 Å². The Kier molecular flexibility index (Phi) is 3.95. The number of nitrogens with one attached hydrogen (secondary N) is 1.